The van der Waals surface area contributed by atoms with Crippen molar-refractivity contribution in [1.29, 1.82) is 0 Å². The van der Waals surface area contributed by atoms with Crippen LogP contribution >= 0.6 is 12.6 Å². The van der Waals surface area contributed by atoms with E-state index in [9.17, 15) is 33.9 Å². The number of fused-ring (bicyclic) bond motifs is 2. The Labute approximate surface area is 256 Å². The van der Waals surface area contributed by atoms with E-state index in [1.165, 1.54) is 17.1 Å². The number of benzene rings is 1. The van der Waals surface area contributed by atoms with E-state index in [1.807, 2.05) is 6.92 Å². The summed E-state index contributed by atoms with van der Waals surface area (Å²) in [7, 11) is 0. The van der Waals surface area contributed by atoms with Crippen LogP contribution in [0.15, 0.2) is 24.3 Å². The number of primary amides is 1. The van der Waals surface area contributed by atoms with Gasteiger partial charge in [0.05, 0.1) is 18.1 Å². The summed E-state index contributed by atoms with van der Waals surface area (Å²) in [5.41, 5.74) is 9.03. The zero-order valence-corrected chi connectivity index (χ0v) is 25.4. The standard InChI is InChI=1S/C29H42N6O7S/c1-3-16(2)25-27(40)26(39)19(13-17-6-8-18(36)9-7-17)32-28(41)21(15-43)31-12-4-5-23(37)20-14-35(34-25)22(29(42)33-20)10-11-24(30)38/h6-9,16,19-22,25,31,34,36,43H,3-5,10-15H2,1-2H3,(H2,30,38)(H,32,41)(H,33,42)/t16-,19-,20+,21-,22-,25-/m0/s1. The molecule has 0 spiro atoms. The molecule has 236 valence electrons. The minimum Gasteiger partial charge on any atom is -0.508 e. The van der Waals surface area contributed by atoms with Crippen LogP contribution in [0.5, 0.6) is 5.75 Å². The van der Waals surface area contributed by atoms with Gasteiger partial charge in [-0.3, -0.25) is 28.8 Å². The molecule has 2 heterocycles. The maximum absolute atomic E-state index is 13.9. The summed E-state index contributed by atoms with van der Waals surface area (Å²) < 4.78 is 0. The molecular weight excluding hydrogens is 576 g/mol. The zero-order valence-electron chi connectivity index (χ0n) is 24.5. The van der Waals surface area contributed by atoms with Gasteiger partial charge in [-0.1, -0.05) is 32.4 Å². The van der Waals surface area contributed by atoms with Crippen LogP contribution in [0.4, 0.5) is 0 Å². The Bertz CT molecular complexity index is 1200. The van der Waals surface area contributed by atoms with Gasteiger partial charge in [-0.25, -0.2) is 10.4 Å². The van der Waals surface area contributed by atoms with Crippen molar-refractivity contribution in [2.45, 2.75) is 82.6 Å². The second-order valence-corrected chi connectivity index (χ2v) is 11.5. The van der Waals surface area contributed by atoms with Gasteiger partial charge < -0.3 is 26.8 Å². The average Bonchev–Trinajstić information content (AvgIpc) is 2.98. The second kappa shape index (κ2) is 15.9. The summed E-state index contributed by atoms with van der Waals surface area (Å²) in [6, 6.07) is 1.19. The number of carbonyl (C=O) groups is 6. The first-order chi connectivity index (χ1) is 20.4. The third-order valence-electron chi connectivity index (χ3n) is 7.97. The largest absolute Gasteiger partial charge is 0.508 e. The van der Waals surface area contributed by atoms with E-state index in [0.29, 0.717) is 24.9 Å². The van der Waals surface area contributed by atoms with E-state index in [4.69, 9.17) is 5.73 Å². The molecule has 43 heavy (non-hydrogen) atoms. The number of hydrogen-bond donors (Lipinski definition) is 7. The van der Waals surface area contributed by atoms with Crippen molar-refractivity contribution in [3.05, 3.63) is 29.8 Å². The molecule has 7 atom stereocenters. The number of hydrogen-bond acceptors (Lipinski definition) is 11. The van der Waals surface area contributed by atoms with Crippen molar-refractivity contribution >= 4 is 47.7 Å². The lowest BCUT2D eigenvalue weighted by atomic mass is 9.89. The molecule has 13 nitrogen and oxygen atoms in total. The van der Waals surface area contributed by atoms with Crippen molar-refractivity contribution in [3.8, 4) is 5.75 Å². The maximum atomic E-state index is 13.9. The normalized spacial score (nSPS) is 28.6. The lowest BCUT2D eigenvalue weighted by Gasteiger charge is -2.41. The molecule has 0 radical (unpaired) electrons. The van der Waals surface area contributed by atoms with Gasteiger partial charge in [-0.15, -0.1) is 0 Å². The summed E-state index contributed by atoms with van der Waals surface area (Å²) >= 11 is 4.27. The first kappa shape index (κ1) is 34.2. The molecule has 1 unspecified atom stereocenters. The highest BCUT2D eigenvalue weighted by molar-refractivity contribution is 7.80. The predicted molar refractivity (Wildman–Crippen MR) is 161 cm³/mol. The van der Waals surface area contributed by atoms with Gasteiger partial charge in [-0.05, 0) is 43.0 Å². The highest BCUT2D eigenvalue weighted by atomic mass is 32.1. The number of phenolic OH excluding ortho intramolecular Hbond substituents is 1. The molecule has 2 saturated heterocycles. The minimum atomic E-state index is -1.22. The lowest BCUT2D eigenvalue weighted by molar-refractivity contribution is -0.145. The number of carbonyl (C=O) groups excluding carboxylic acids is 6. The minimum absolute atomic E-state index is 0.00690. The number of nitrogens with two attached hydrogens (primary N) is 1. The van der Waals surface area contributed by atoms with Gasteiger partial charge in [-0.2, -0.15) is 12.6 Å². The Morgan fingerprint density at radius 3 is 2.40 bits per heavy atom. The third kappa shape index (κ3) is 9.33. The van der Waals surface area contributed by atoms with E-state index in [-0.39, 0.29) is 55.4 Å². The number of amides is 3. The smallest absolute Gasteiger partial charge is 0.239 e. The molecule has 1 aromatic rings. The molecule has 0 aromatic heterocycles. The molecule has 1 aromatic carbocycles. The molecule has 0 saturated carbocycles. The molecule has 0 aliphatic carbocycles. The van der Waals surface area contributed by atoms with Gasteiger partial charge in [0.1, 0.15) is 17.8 Å². The summed E-state index contributed by atoms with van der Waals surface area (Å²) in [5.74, 6) is -3.75. The van der Waals surface area contributed by atoms with Crippen LogP contribution in [0, 0.1) is 5.92 Å². The maximum Gasteiger partial charge on any atom is 0.239 e. The van der Waals surface area contributed by atoms with E-state index in [0.717, 1.165) is 0 Å². The monoisotopic (exact) mass is 618 g/mol. The number of Topliss-reactive ketones (excluding diaryl/α,β-unsaturated/α-hetero) is 3. The van der Waals surface area contributed by atoms with Gasteiger partial charge >= 0.3 is 0 Å². The number of nitrogens with one attached hydrogen (secondary N) is 4. The first-order valence-electron chi connectivity index (χ1n) is 14.6. The molecule has 14 heteroatoms. The van der Waals surface area contributed by atoms with Crippen LogP contribution < -0.4 is 27.1 Å². The number of ketones is 3. The summed E-state index contributed by atoms with van der Waals surface area (Å²) in [4.78, 5) is 78.8. The number of aromatic hydroxyl groups is 1. The van der Waals surface area contributed by atoms with Crippen molar-refractivity contribution in [2.75, 3.05) is 18.8 Å². The van der Waals surface area contributed by atoms with E-state index >= 15 is 0 Å². The Morgan fingerprint density at radius 1 is 1.07 bits per heavy atom. The Morgan fingerprint density at radius 2 is 1.77 bits per heavy atom. The Balaban J connectivity index is 2.01. The molecule has 7 N–H and O–H groups in total. The fraction of sp³-hybridized carbons (Fsp3) is 0.586. The van der Waals surface area contributed by atoms with Crippen molar-refractivity contribution < 1.29 is 33.9 Å². The number of thiol groups is 1. The molecular formula is C29H42N6O7S. The fourth-order valence-electron chi connectivity index (χ4n) is 5.16. The highest BCUT2D eigenvalue weighted by Crippen LogP contribution is 2.19. The van der Waals surface area contributed by atoms with Crippen LogP contribution in [0.1, 0.15) is 51.5 Å². The molecule has 2 aliphatic rings. The van der Waals surface area contributed by atoms with E-state index in [2.05, 4.69) is 34.0 Å². The SMILES string of the molecule is CC[C@H](C)[C@@H]1NN2C[C@@H](NC(=O)[C@@H]2CCC(N)=O)C(=O)CCCN[C@@H](CS)C(=O)N[C@@H](Cc2ccc(O)cc2)C(=O)C1=O. The van der Waals surface area contributed by atoms with Crippen LogP contribution in [-0.4, -0.2) is 94.2 Å². The van der Waals surface area contributed by atoms with Crippen molar-refractivity contribution in [1.82, 2.24) is 26.4 Å². The number of phenols is 1. The first-order valence-corrected chi connectivity index (χ1v) is 15.2. The van der Waals surface area contributed by atoms with Crippen LogP contribution in [-0.2, 0) is 35.2 Å². The lowest BCUT2D eigenvalue weighted by Crippen LogP contribution is -2.68. The van der Waals surface area contributed by atoms with Crippen LogP contribution in [0.3, 0.4) is 0 Å². The van der Waals surface area contributed by atoms with Crippen molar-refractivity contribution in [3.63, 3.8) is 0 Å². The van der Waals surface area contributed by atoms with E-state index in [1.54, 1.807) is 19.1 Å². The number of piperazine rings is 1. The number of nitrogens with zero attached hydrogens (tertiary/aromatic N) is 1. The molecule has 3 amide bonds. The Kier molecular flexibility index (Phi) is 12.7. The van der Waals surface area contributed by atoms with Crippen LogP contribution in [0.25, 0.3) is 0 Å². The zero-order chi connectivity index (χ0) is 31.7. The van der Waals surface area contributed by atoms with Gasteiger partial charge in [0.25, 0.3) is 0 Å². The van der Waals surface area contributed by atoms with Gasteiger partial charge in [0, 0.05) is 31.6 Å². The molecule has 3 rings (SSSR count). The summed E-state index contributed by atoms with van der Waals surface area (Å²) in [6.07, 6.45) is 0.922. The topological polar surface area (TPSA) is 200 Å². The van der Waals surface area contributed by atoms with E-state index < -0.39 is 59.5 Å². The fourth-order valence-corrected chi connectivity index (χ4v) is 5.45. The number of rotatable bonds is 8. The van der Waals surface area contributed by atoms with Gasteiger partial charge in [0.2, 0.25) is 29.3 Å². The van der Waals surface area contributed by atoms with Gasteiger partial charge in [0.15, 0.2) is 5.78 Å². The predicted octanol–water partition coefficient (Wildman–Crippen LogP) is -0.838. The highest BCUT2D eigenvalue weighted by Gasteiger charge is 2.42. The third-order valence-corrected chi connectivity index (χ3v) is 8.33. The molecule has 2 aliphatic heterocycles. The summed E-state index contributed by atoms with van der Waals surface area (Å²) in [5, 5.41) is 19.7. The Hall–Kier alpha value is -3.33. The number of hydrazine groups is 1. The van der Waals surface area contributed by atoms with Crippen molar-refractivity contribution in [2.24, 2.45) is 11.7 Å². The quantitative estimate of drug-likeness (QED) is 0.142. The molecule has 2 fully saturated rings. The summed E-state index contributed by atoms with van der Waals surface area (Å²) in [6.45, 7) is 3.94. The van der Waals surface area contributed by atoms with Crippen LogP contribution in [0.2, 0.25) is 0 Å². The second-order valence-electron chi connectivity index (χ2n) is 11.1. The average molecular weight is 619 g/mol. The molecule has 2 bridgehead atoms.